The maximum absolute atomic E-state index is 9.36. The fourth-order valence-corrected chi connectivity index (χ4v) is 4.92. The van der Waals surface area contributed by atoms with Crippen LogP contribution in [0.2, 0.25) is 0 Å². The van der Waals surface area contributed by atoms with Crippen LogP contribution < -0.4 is 0 Å². The minimum atomic E-state index is 0.400. The lowest BCUT2D eigenvalue weighted by Gasteiger charge is -2.42. The molecular formula is C19H31N. The van der Waals surface area contributed by atoms with Crippen molar-refractivity contribution in [1.82, 2.24) is 0 Å². The highest BCUT2D eigenvalue weighted by Gasteiger charge is 2.50. The molecule has 2 aliphatic carbocycles. The van der Waals surface area contributed by atoms with Crippen LogP contribution in [0.1, 0.15) is 72.6 Å². The van der Waals surface area contributed by atoms with Crippen molar-refractivity contribution >= 4 is 0 Å². The number of rotatable bonds is 5. The van der Waals surface area contributed by atoms with Gasteiger partial charge in [-0.15, -0.1) is 0 Å². The number of hydrogen-bond donors (Lipinski definition) is 0. The standard InChI is InChI=1S/C19H31N/c1-14(2)7-5-8-15(3)17-10-11-18-16(13-20)9-6-12-19(17,18)4/h9,14-15,17-18H,5-8,10-12H2,1-4H3/t15-,17-,18+,19-/m1/s1. The molecule has 112 valence electrons. The van der Waals surface area contributed by atoms with Gasteiger partial charge in [-0.1, -0.05) is 53.0 Å². The van der Waals surface area contributed by atoms with Crippen LogP contribution in [-0.4, -0.2) is 0 Å². The number of hydrogen-bond acceptors (Lipinski definition) is 1. The molecule has 0 radical (unpaired) electrons. The molecule has 1 fully saturated rings. The van der Waals surface area contributed by atoms with E-state index in [0.29, 0.717) is 11.3 Å². The van der Waals surface area contributed by atoms with E-state index in [0.717, 1.165) is 29.7 Å². The molecule has 0 aliphatic heterocycles. The monoisotopic (exact) mass is 273 g/mol. The van der Waals surface area contributed by atoms with Gasteiger partial charge in [-0.25, -0.2) is 0 Å². The van der Waals surface area contributed by atoms with Crippen molar-refractivity contribution in [3.63, 3.8) is 0 Å². The summed E-state index contributed by atoms with van der Waals surface area (Å²) in [5.74, 6) is 3.04. The molecule has 4 atom stereocenters. The average molecular weight is 273 g/mol. The number of nitrogens with zero attached hydrogens (tertiary/aromatic N) is 1. The lowest BCUT2D eigenvalue weighted by molar-refractivity contribution is 0.108. The Morgan fingerprint density at radius 3 is 2.70 bits per heavy atom. The summed E-state index contributed by atoms with van der Waals surface area (Å²) in [4.78, 5) is 0. The smallest absolute Gasteiger partial charge is 0.0946 e. The van der Waals surface area contributed by atoms with Gasteiger partial charge in [0, 0.05) is 5.57 Å². The van der Waals surface area contributed by atoms with Crippen LogP contribution in [0.4, 0.5) is 0 Å². The third-order valence-corrected chi connectivity index (χ3v) is 6.09. The third-order valence-electron chi connectivity index (χ3n) is 6.09. The molecule has 0 N–H and O–H groups in total. The van der Waals surface area contributed by atoms with Crippen molar-refractivity contribution in [2.45, 2.75) is 72.6 Å². The molecule has 1 heteroatoms. The van der Waals surface area contributed by atoms with E-state index in [4.69, 9.17) is 0 Å². The second-order valence-corrected chi connectivity index (χ2v) is 7.85. The number of nitriles is 1. The first-order chi connectivity index (χ1) is 9.49. The molecule has 2 rings (SSSR count). The van der Waals surface area contributed by atoms with Crippen molar-refractivity contribution in [3.8, 4) is 6.07 Å². The van der Waals surface area contributed by atoms with E-state index in [1.54, 1.807) is 0 Å². The van der Waals surface area contributed by atoms with Crippen LogP contribution in [-0.2, 0) is 0 Å². The quantitative estimate of drug-likeness (QED) is 0.628. The van der Waals surface area contributed by atoms with E-state index in [2.05, 4.69) is 39.8 Å². The highest BCUT2D eigenvalue weighted by atomic mass is 14.5. The van der Waals surface area contributed by atoms with Crippen LogP contribution in [0.15, 0.2) is 11.6 Å². The normalized spacial score (nSPS) is 34.5. The molecule has 20 heavy (non-hydrogen) atoms. The summed E-state index contributed by atoms with van der Waals surface area (Å²) >= 11 is 0. The van der Waals surface area contributed by atoms with Gasteiger partial charge in [-0.05, 0) is 54.8 Å². The zero-order chi connectivity index (χ0) is 14.8. The minimum Gasteiger partial charge on any atom is -0.193 e. The number of fused-ring (bicyclic) bond motifs is 1. The zero-order valence-electron chi connectivity index (χ0n) is 13.8. The van der Waals surface area contributed by atoms with Gasteiger partial charge in [-0.2, -0.15) is 5.26 Å². The molecule has 1 nitrogen and oxygen atoms in total. The van der Waals surface area contributed by atoms with Crippen LogP contribution in [0, 0.1) is 40.4 Å². The highest BCUT2D eigenvalue weighted by molar-refractivity contribution is 5.30. The van der Waals surface area contributed by atoms with Gasteiger partial charge in [0.15, 0.2) is 0 Å². The molecule has 0 aromatic heterocycles. The summed E-state index contributed by atoms with van der Waals surface area (Å²) in [5, 5.41) is 9.36. The maximum Gasteiger partial charge on any atom is 0.0946 e. The van der Waals surface area contributed by atoms with E-state index in [-0.39, 0.29) is 0 Å². The van der Waals surface area contributed by atoms with Crippen molar-refractivity contribution in [2.75, 3.05) is 0 Å². The molecule has 0 spiro atoms. The van der Waals surface area contributed by atoms with E-state index in [9.17, 15) is 5.26 Å². The van der Waals surface area contributed by atoms with Crippen molar-refractivity contribution < 1.29 is 0 Å². The van der Waals surface area contributed by atoms with Gasteiger partial charge < -0.3 is 0 Å². The summed E-state index contributed by atoms with van der Waals surface area (Å²) in [5.41, 5.74) is 1.49. The zero-order valence-corrected chi connectivity index (χ0v) is 13.8. The predicted molar refractivity (Wildman–Crippen MR) is 85.1 cm³/mol. The van der Waals surface area contributed by atoms with Gasteiger partial charge in [0.25, 0.3) is 0 Å². The van der Waals surface area contributed by atoms with Crippen molar-refractivity contribution in [1.29, 1.82) is 5.26 Å². The molecule has 0 unspecified atom stereocenters. The Bertz CT molecular complexity index is 400. The topological polar surface area (TPSA) is 23.8 Å². The Morgan fingerprint density at radius 1 is 1.30 bits per heavy atom. The largest absolute Gasteiger partial charge is 0.193 e. The Kier molecular flexibility index (Phi) is 4.95. The molecular weight excluding hydrogens is 242 g/mol. The molecule has 0 heterocycles. The van der Waals surface area contributed by atoms with Gasteiger partial charge in [0.2, 0.25) is 0 Å². The van der Waals surface area contributed by atoms with Crippen LogP contribution in [0.3, 0.4) is 0 Å². The van der Waals surface area contributed by atoms with Crippen LogP contribution >= 0.6 is 0 Å². The Balaban J connectivity index is 2.00. The van der Waals surface area contributed by atoms with Crippen molar-refractivity contribution in [3.05, 3.63) is 11.6 Å². The van der Waals surface area contributed by atoms with Gasteiger partial charge in [0.1, 0.15) is 0 Å². The summed E-state index contributed by atoms with van der Waals surface area (Å²) in [7, 11) is 0. The van der Waals surface area contributed by atoms with E-state index < -0.39 is 0 Å². The van der Waals surface area contributed by atoms with Gasteiger partial charge >= 0.3 is 0 Å². The van der Waals surface area contributed by atoms with Crippen LogP contribution in [0.25, 0.3) is 0 Å². The summed E-state index contributed by atoms with van der Waals surface area (Å²) in [6, 6.07) is 2.48. The SMILES string of the molecule is CC(C)CCC[C@@H](C)[C@H]1CC[C@H]2C(C#N)=CCC[C@]12C. The van der Waals surface area contributed by atoms with E-state index >= 15 is 0 Å². The fraction of sp³-hybridized carbons (Fsp3) is 0.842. The van der Waals surface area contributed by atoms with E-state index in [1.807, 2.05) is 0 Å². The molecule has 0 aromatic rings. The van der Waals surface area contributed by atoms with E-state index in [1.165, 1.54) is 38.5 Å². The Morgan fingerprint density at radius 2 is 2.05 bits per heavy atom. The van der Waals surface area contributed by atoms with Crippen molar-refractivity contribution in [2.24, 2.45) is 29.1 Å². The predicted octanol–water partition coefficient (Wildman–Crippen LogP) is 5.73. The first-order valence-electron chi connectivity index (χ1n) is 8.59. The Labute approximate surface area is 125 Å². The molecule has 0 saturated heterocycles. The molecule has 0 bridgehead atoms. The second kappa shape index (κ2) is 6.33. The number of allylic oxidation sites excluding steroid dienone is 2. The third kappa shape index (κ3) is 2.95. The first kappa shape index (κ1) is 15.6. The first-order valence-corrected chi connectivity index (χ1v) is 8.59. The highest BCUT2D eigenvalue weighted by Crippen LogP contribution is 2.58. The summed E-state index contributed by atoms with van der Waals surface area (Å²) in [6.45, 7) is 9.58. The lowest BCUT2D eigenvalue weighted by Crippen LogP contribution is -2.35. The average Bonchev–Trinajstić information content (AvgIpc) is 2.75. The maximum atomic E-state index is 9.36. The minimum absolute atomic E-state index is 0.400. The second-order valence-electron chi connectivity index (χ2n) is 7.85. The molecule has 0 amide bonds. The van der Waals surface area contributed by atoms with Gasteiger partial charge in [0.05, 0.1) is 6.07 Å². The summed E-state index contributed by atoms with van der Waals surface area (Å²) < 4.78 is 0. The molecule has 1 saturated carbocycles. The fourth-order valence-electron chi connectivity index (χ4n) is 4.92. The van der Waals surface area contributed by atoms with Crippen LogP contribution in [0.5, 0.6) is 0 Å². The Hall–Kier alpha value is -0.770. The lowest BCUT2D eigenvalue weighted by atomic mass is 9.62. The molecule has 2 aliphatic rings. The van der Waals surface area contributed by atoms with Gasteiger partial charge in [-0.3, -0.25) is 0 Å². The summed E-state index contributed by atoms with van der Waals surface area (Å²) in [6.07, 6.45) is 11.3. The molecule has 0 aromatic carbocycles.